The lowest BCUT2D eigenvalue weighted by molar-refractivity contribution is -0.127. The number of rotatable bonds is 5. The number of aryl methyl sites for hydroxylation is 1. The van der Waals surface area contributed by atoms with Gasteiger partial charge in [0.15, 0.2) is 0 Å². The number of hydrogen-bond acceptors (Lipinski definition) is 2. The Hall–Kier alpha value is -1.35. The molecule has 0 saturated carbocycles. The summed E-state index contributed by atoms with van der Waals surface area (Å²) in [6.07, 6.45) is 4.18. The van der Waals surface area contributed by atoms with Gasteiger partial charge in [0.05, 0.1) is 5.92 Å². The zero-order valence-electron chi connectivity index (χ0n) is 12.6. The third-order valence-corrected chi connectivity index (χ3v) is 4.09. The number of piperidine rings is 1. The first-order valence-corrected chi connectivity index (χ1v) is 7.68. The Kier molecular flexibility index (Phi) is 5.60. The highest BCUT2D eigenvalue weighted by Gasteiger charge is 2.24. The van der Waals surface area contributed by atoms with Crippen LogP contribution in [0.1, 0.15) is 31.7 Å². The van der Waals surface area contributed by atoms with Crippen molar-refractivity contribution in [1.82, 2.24) is 10.2 Å². The standard InChI is InChI=1S/C17H26N2O/c1-14(10-11-15-7-4-3-5-8-15)18-17(20)16-9-6-12-19(2)13-16/h3-5,7-8,14,16H,6,9-13H2,1-2H3,(H,18,20)/t14-,16-/m1/s1. The first-order valence-electron chi connectivity index (χ1n) is 7.68. The largest absolute Gasteiger partial charge is 0.353 e. The molecule has 2 rings (SSSR count). The van der Waals surface area contributed by atoms with E-state index >= 15 is 0 Å². The number of nitrogens with one attached hydrogen (secondary N) is 1. The molecule has 3 nitrogen and oxygen atoms in total. The first kappa shape index (κ1) is 15.0. The van der Waals surface area contributed by atoms with E-state index in [2.05, 4.69) is 48.5 Å². The highest BCUT2D eigenvalue weighted by molar-refractivity contribution is 5.79. The van der Waals surface area contributed by atoms with E-state index in [1.54, 1.807) is 0 Å². The monoisotopic (exact) mass is 274 g/mol. The second kappa shape index (κ2) is 7.44. The van der Waals surface area contributed by atoms with Crippen LogP contribution in [0, 0.1) is 5.92 Å². The van der Waals surface area contributed by atoms with E-state index in [0.717, 1.165) is 38.8 Å². The van der Waals surface area contributed by atoms with Gasteiger partial charge < -0.3 is 10.2 Å². The molecule has 1 saturated heterocycles. The molecule has 0 aromatic heterocycles. The van der Waals surface area contributed by atoms with Crippen LogP contribution in [-0.4, -0.2) is 37.0 Å². The number of amides is 1. The fourth-order valence-electron chi connectivity index (χ4n) is 2.84. The summed E-state index contributed by atoms with van der Waals surface area (Å²) >= 11 is 0. The van der Waals surface area contributed by atoms with Gasteiger partial charge in [-0.25, -0.2) is 0 Å². The Morgan fingerprint density at radius 3 is 2.85 bits per heavy atom. The van der Waals surface area contributed by atoms with Crippen LogP contribution in [-0.2, 0) is 11.2 Å². The van der Waals surface area contributed by atoms with E-state index in [9.17, 15) is 4.79 Å². The molecule has 1 aromatic rings. The lowest BCUT2D eigenvalue weighted by Gasteiger charge is -2.29. The van der Waals surface area contributed by atoms with Crippen LogP contribution < -0.4 is 5.32 Å². The van der Waals surface area contributed by atoms with Gasteiger partial charge in [0.25, 0.3) is 0 Å². The van der Waals surface area contributed by atoms with Gasteiger partial charge in [-0.2, -0.15) is 0 Å². The highest BCUT2D eigenvalue weighted by atomic mass is 16.2. The second-order valence-electron chi connectivity index (χ2n) is 6.04. The Morgan fingerprint density at radius 2 is 2.15 bits per heavy atom. The fourth-order valence-corrected chi connectivity index (χ4v) is 2.84. The quantitative estimate of drug-likeness (QED) is 0.894. The Balaban J connectivity index is 1.73. The molecule has 20 heavy (non-hydrogen) atoms. The molecule has 1 amide bonds. The SMILES string of the molecule is C[C@H](CCc1ccccc1)NC(=O)[C@@H]1CCCN(C)C1. The number of nitrogens with zero attached hydrogens (tertiary/aromatic N) is 1. The van der Waals surface area contributed by atoms with Crippen LogP contribution in [0.3, 0.4) is 0 Å². The van der Waals surface area contributed by atoms with Crippen molar-refractivity contribution in [3.63, 3.8) is 0 Å². The van der Waals surface area contributed by atoms with Gasteiger partial charge in [-0.15, -0.1) is 0 Å². The summed E-state index contributed by atoms with van der Waals surface area (Å²) in [5.41, 5.74) is 1.34. The Bertz CT molecular complexity index is 418. The summed E-state index contributed by atoms with van der Waals surface area (Å²) in [7, 11) is 2.10. The van der Waals surface area contributed by atoms with Crippen molar-refractivity contribution in [3.8, 4) is 0 Å². The lowest BCUT2D eigenvalue weighted by Crippen LogP contribution is -2.44. The fraction of sp³-hybridized carbons (Fsp3) is 0.588. The van der Waals surface area contributed by atoms with E-state index in [0.29, 0.717) is 0 Å². The van der Waals surface area contributed by atoms with Gasteiger partial charge in [0, 0.05) is 12.6 Å². The molecule has 0 bridgehead atoms. The number of likely N-dealkylation sites (tertiary alicyclic amines) is 1. The molecular weight excluding hydrogens is 248 g/mol. The molecule has 0 unspecified atom stereocenters. The third-order valence-electron chi connectivity index (χ3n) is 4.09. The summed E-state index contributed by atoms with van der Waals surface area (Å²) in [5, 5.41) is 3.17. The average Bonchev–Trinajstić information content (AvgIpc) is 2.46. The van der Waals surface area contributed by atoms with Crippen LogP contribution in [0.5, 0.6) is 0 Å². The number of benzene rings is 1. The van der Waals surface area contributed by atoms with Gasteiger partial charge in [-0.1, -0.05) is 30.3 Å². The zero-order chi connectivity index (χ0) is 14.4. The summed E-state index contributed by atoms with van der Waals surface area (Å²) < 4.78 is 0. The molecular formula is C17H26N2O. The molecule has 1 N–H and O–H groups in total. The van der Waals surface area contributed by atoms with E-state index < -0.39 is 0 Å². The predicted octanol–water partition coefficient (Wildman–Crippen LogP) is 2.47. The normalized spacial score (nSPS) is 21.4. The Labute approximate surface area is 122 Å². The van der Waals surface area contributed by atoms with Crippen molar-refractivity contribution in [1.29, 1.82) is 0 Å². The first-order chi connectivity index (χ1) is 9.65. The molecule has 0 aliphatic carbocycles. The molecule has 3 heteroatoms. The van der Waals surface area contributed by atoms with E-state index in [-0.39, 0.29) is 17.9 Å². The predicted molar refractivity (Wildman–Crippen MR) is 82.6 cm³/mol. The molecule has 110 valence electrons. The van der Waals surface area contributed by atoms with Crippen molar-refractivity contribution in [2.45, 2.75) is 38.6 Å². The summed E-state index contributed by atoms with van der Waals surface area (Å²) in [4.78, 5) is 14.5. The molecule has 1 aliphatic heterocycles. The molecule has 0 spiro atoms. The van der Waals surface area contributed by atoms with Gasteiger partial charge in [-0.05, 0) is 51.8 Å². The minimum absolute atomic E-state index is 0.174. The van der Waals surface area contributed by atoms with E-state index in [1.807, 2.05) is 6.07 Å². The lowest BCUT2D eigenvalue weighted by atomic mass is 9.97. The van der Waals surface area contributed by atoms with Crippen LogP contribution in [0.15, 0.2) is 30.3 Å². The van der Waals surface area contributed by atoms with Crippen molar-refractivity contribution in [2.75, 3.05) is 20.1 Å². The average molecular weight is 274 g/mol. The molecule has 0 radical (unpaired) electrons. The van der Waals surface area contributed by atoms with Gasteiger partial charge in [0.1, 0.15) is 0 Å². The van der Waals surface area contributed by atoms with Crippen LogP contribution >= 0.6 is 0 Å². The van der Waals surface area contributed by atoms with Gasteiger partial charge >= 0.3 is 0 Å². The number of carbonyl (C=O) groups is 1. The number of carbonyl (C=O) groups excluding carboxylic acids is 1. The minimum atomic E-state index is 0.174. The Morgan fingerprint density at radius 1 is 1.40 bits per heavy atom. The minimum Gasteiger partial charge on any atom is -0.353 e. The van der Waals surface area contributed by atoms with Crippen LogP contribution in [0.2, 0.25) is 0 Å². The van der Waals surface area contributed by atoms with Crippen molar-refractivity contribution in [3.05, 3.63) is 35.9 Å². The van der Waals surface area contributed by atoms with Gasteiger partial charge in [-0.3, -0.25) is 4.79 Å². The maximum absolute atomic E-state index is 12.2. The smallest absolute Gasteiger partial charge is 0.224 e. The topological polar surface area (TPSA) is 32.3 Å². The summed E-state index contributed by atoms with van der Waals surface area (Å²) in [6, 6.07) is 10.7. The van der Waals surface area contributed by atoms with E-state index in [4.69, 9.17) is 0 Å². The molecule has 1 heterocycles. The van der Waals surface area contributed by atoms with Crippen molar-refractivity contribution in [2.24, 2.45) is 5.92 Å². The maximum Gasteiger partial charge on any atom is 0.224 e. The van der Waals surface area contributed by atoms with Crippen LogP contribution in [0.25, 0.3) is 0 Å². The molecule has 2 atom stereocenters. The van der Waals surface area contributed by atoms with Crippen LogP contribution in [0.4, 0.5) is 0 Å². The molecule has 1 fully saturated rings. The van der Waals surface area contributed by atoms with E-state index in [1.165, 1.54) is 5.56 Å². The molecule has 1 aliphatic rings. The zero-order valence-corrected chi connectivity index (χ0v) is 12.6. The molecule has 1 aromatic carbocycles. The summed E-state index contributed by atoms with van der Waals surface area (Å²) in [5.74, 6) is 0.407. The second-order valence-corrected chi connectivity index (χ2v) is 6.04. The van der Waals surface area contributed by atoms with Crippen molar-refractivity contribution >= 4 is 5.91 Å². The van der Waals surface area contributed by atoms with Gasteiger partial charge in [0.2, 0.25) is 5.91 Å². The highest BCUT2D eigenvalue weighted by Crippen LogP contribution is 2.15. The summed E-state index contributed by atoms with van der Waals surface area (Å²) in [6.45, 7) is 4.12. The third kappa shape index (κ3) is 4.64. The maximum atomic E-state index is 12.2. The number of hydrogen-bond donors (Lipinski definition) is 1. The van der Waals surface area contributed by atoms with Crippen molar-refractivity contribution < 1.29 is 4.79 Å².